The Bertz CT molecular complexity index is 1100. The lowest BCUT2D eigenvalue weighted by Crippen LogP contribution is -2.21. The summed E-state index contributed by atoms with van der Waals surface area (Å²) in [6.07, 6.45) is 8.03. The van der Waals surface area contributed by atoms with Crippen molar-refractivity contribution in [2.24, 2.45) is 0 Å². The van der Waals surface area contributed by atoms with E-state index in [0.29, 0.717) is 32.9 Å². The minimum Gasteiger partial charge on any atom is -0.386 e. The zero-order chi connectivity index (χ0) is 21.5. The number of amides is 1. The fourth-order valence-electron chi connectivity index (χ4n) is 4.06. The van der Waals surface area contributed by atoms with Gasteiger partial charge in [0.1, 0.15) is 0 Å². The number of aromatic nitrogens is 2. The second-order valence-corrected chi connectivity index (χ2v) is 9.31. The van der Waals surface area contributed by atoms with Crippen LogP contribution in [0.15, 0.2) is 36.5 Å². The number of hydrogen-bond donors (Lipinski definition) is 2. The van der Waals surface area contributed by atoms with Gasteiger partial charge in [-0.05, 0) is 57.0 Å². The molecular weight excluding hydrogens is 421 g/mol. The predicted octanol–water partition coefficient (Wildman–Crippen LogP) is 6.33. The Labute approximate surface area is 186 Å². The molecule has 2 N–H and O–H groups in total. The Kier molecular flexibility index (Phi) is 5.80. The molecule has 0 unspecified atom stereocenters. The first kappa shape index (κ1) is 21.2. The molecular formula is C23H25Cl2N3O2. The van der Waals surface area contributed by atoms with Gasteiger partial charge in [-0.3, -0.25) is 9.48 Å². The van der Waals surface area contributed by atoms with E-state index in [1.54, 1.807) is 26.0 Å². The molecule has 7 heteroatoms. The minimum absolute atomic E-state index is 0.316. The molecule has 1 heterocycles. The van der Waals surface area contributed by atoms with Crippen molar-refractivity contribution < 1.29 is 9.90 Å². The fourth-order valence-corrected chi connectivity index (χ4v) is 4.36. The summed E-state index contributed by atoms with van der Waals surface area (Å²) in [6, 6.07) is 8.89. The third-order valence-electron chi connectivity index (χ3n) is 5.70. The third kappa shape index (κ3) is 4.34. The fraction of sp³-hybridized carbons (Fsp3) is 0.391. The van der Waals surface area contributed by atoms with Gasteiger partial charge in [0.15, 0.2) is 0 Å². The molecule has 1 aliphatic rings. The topological polar surface area (TPSA) is 67.2 Å². The third-order valence-corrected chi connectivity index (χ3v) is 6.44. The maximum Gasteiger partial charge on any atom is 0.255 e. The first-order chi connectivity index (χ1) is 14.2. The Morgan fingerprint density at radius 1 is 1.13 bits per heavy atom. The number of nitrogens with one attached hydrogen (secondary N) is 1. The molecule has 1 aromatic heterocycles. The predicted molar refractivity (Wildman–Crippen MR) is 122 cm³/mol. The van der Waals surface area contributed by atoms with Crippen LogP contribution in [0.4, 0.5) is 5.69 Å². The molecule has 1 saturated carbocycles. The molecule has 0 aliphatic heterocycles. The highest BCUT2D eigenvalue weighted by atomic mass is 35.5. The molecule has 1 fully saturated rings. The van der Waals surface area contributed by atoms with Gasteiger partial charge in [-0.15, -0.1) is 0 Å². The number of hydrogen-bond acceptors (Lipinski definition) is 3. The molecule has 5 nitrogen and oxygen atoms in total. The first-order valence-electron chi connectivity index (χ1n) is 10.2. The summed E-state index contributed by atoms with van der Waals surface area (Å²) >= 11 is 12.0. The van der Waals surface area contributed by atoms with E-state index in [-0.39, 0.29) is 5.91 Å². The number of carbonyl (C=O) groups is 1. The van der Waals surface area contributed by atoms with E-state index in [4.69, 9.17) is 28.3 Å². The van der Waals surface area contributed by atoms with Crippen LogP contribution < -0.4 is 5.32 Å². The Balaban J connectivity index is 1.71. The zero-order valence-electron chi connectivity index (χ0n) is 17.1. The van der Waals surface area contributed by atoms with Gasteiger partial charge in [0, 0.05) is 28.4 Å². The van der Waals surface area contributed by atoms with Gasteiger partial charge in [-0.25, -0.2) is 0 Å². The summed E-state index contributed by atoms with van der Waals surface area (Å²) in [5.74, 6) is -0.321. The van der Waals surface area contributed by atoms with E-state index >= 15 is 0 Å². The average molecular weight is 446 g/mol. The molecule has 1 amide bonds. The number of aliphatic hydroxyl groups is 1. The van der Waals surface area contributed by atoms with E-state index in [2.05, 4.69) is 5.32 Å². The van der Waals surface area contributed by atoms with Crippen LogP contribution in [0.3, 0.4) is 0 Å². The summed E-state index contributed by atoms with van der Waals surface area (Å²) in [5.41, 5.74) is 1.21. The first-order valence-corrected chi connectivity index (χ1v) is 11.0. The van der Waals surface area contributed by atoms with Crippen molar-refractivity contribution in [1.29, 1.82) is 0 Å². The number of rotatable bonds is 4. The van der Waals surface area contributed by atoms with Crippen molar-refractivity contribution in [3.63, 3.8) is 0 Å². The number of benzene rings is 2. The highest BCUT2D eigenvalue weighted by Crippen LogP contribution is 2.34. The van der Waals surface area contributed by atoms with Crippen LogP contribution in [0.1, 0.15) is 67.9 Å². The van der Waals surface area contributed by atoms with Gasteiger partial charge in [0.2, 0.25) is 0 Å². The average Bonchev–Trinajstić information content (AvgIpc) is 3.12. The SMILES string of the molecule is CC(C)(O)c1cc2nn(C3CCCCC3)cc2cc1NC(=O)c1ccc(Cl)c(Cl)c1. The normalized spacial score (nSPS) is 15.5. The molecule has 158 valence electrons. The molecule has 4 rings (SSSR count). The van der Waals surface area contributed by atoms with E-state index < -0.39 is 5.60 Å². The quantitative estimate of drug-likeness (QED) is 0.492. The zero-order valence-corrected chi connectivity index (χ0v) is 18.6. The molecule has 0 saturated heterocycles. The van der Waals surface area contributed by atoms with Crippen LogP contribution in [0.2, 0.25) is 10.0 Å². The van der Waals surface area contributed by atoms with Crippen LogP contribution in [-0.2, 0) is 5.60 Å². The van der Waals surface area contributed by atoms with Gasteiger partial charge in [0.05, 0.1) is 27.2 Å². The Hall–Kier alpha value is -2.08. The van der Waals surface area contributed by atoms with E-state index in [0.717, 1.165) is 23.7 Å². The minimum atomic E-state index is -1.15. The second-order valence-electron chi connectivity index (χ2n) is 8.50. The Morgan fingerprint density at radius 2 is 1.87 bits per heavy atom. The maximum atomic E-state index is 12.8. The van der Waals surface area contributed by atoms with Gasteiger partial charge >= 0.3 is 0 Å². The summed E-state index contributed by atoms with van der Waals surface area (Å²) in [5, 5.41) is 20.1. The molecule has 3 aromatic rings. The monoisotopic (exact) mass is 445 g/mol. The van der Waals surface area contributed by atoms with Crippen LogP contribution in [-0.4, -0.2) is 20.8 Å². The van der Waals surface area contributed by atoms with Crippen molar-refractivity contribution >= 4 is 45.7 Å². The lowest BCUT2D eigenvalue weighted by Gasteiger charge is -2.22. The molecule has 0 bridgehead atoms. The largest absolute Gasteiger partial charge is 0.386 e. The molecule has 0 radical (unpaired) electrons. The molecule has 2 aromatic carbocycles. The summed E-state index contributed by atoms with van der Waals surface area (Å²) < 4.78 is 2.04. The van der Waals surface area contributed by atoms with Gasteiger partial charge < -0.3 is 10.4 Å². The number of fused-ring (bicyclic) bond motifs is 1. The van der Waals surface area contributed by atoms with Crippen LogP contribution in [0.5, 0.6) is 0 Å². The number of nitrogens with zero attached hydrogens (tertiary/aromatic N) is 2. The van der Waals surface area contributed by atoms with Gasteiger partial charge in [-0.2, -0.15) is 5.10 Å². The number of carbonyl (C=O) groups excluding carboxylic acids is 1. The molecule has 1 aliphatic carbocycles. The van der Waals surface area contributed by atoms with Crippen LogP contribution in [0.25, 0.3) is 10.9 Å². The van der Waals surface area contributed by atoms with E-state index in [1.807, 2.05) is 23.0 Å². The van der Waals surface area contributed by atoms with Crippen molar-refractivity contribution in [2.75, 3.05) is 5.32 Å². The maximum absolute atomic E-state index is 12.8. The summed E-state index contributed by atoms with van der Waals surface area (Å²) in [6.45, 7) is 3.39. The van der Waals surface area contributed by atoms with Crippen LogP contribution >= 0.6 is 23.2 Å². The van der Waals surface area contributed by atoms with Crippen molar-refractivity contribution in [3.05, 3.63) is 57.7 Å². The molecule has 0 spiro atoms. The van der Waals surface area contributed by atoms with Gasteiger partial charge in [-0.1, -0.05) is 42.5 Å². The van der Waals surface area contributed by atoms with Crippen molar-refractivity contribution in [3.8, 4) is 0 Å². The smallest absolute Gasteiger partial charge is 0.255 e. The molecule has 30 heavy (non-hydrogen) atoms. The lowest BCUT2D eigenvalue weighted by atomic mass is 9.95. The van der Waals surface area contributed by atoms with E-state index in [1.165, 1.54) is 25.3 Å². The Morgan fingerprint density at radius 3 is 2.53 bits per heavy atom. The van der Waals surface area contributed by atoms with E-state index in [9.17, 15) is 9.90 Å². The number of anilines is 1. The number of halogens is 2. The molecule has 0 atom stereocenters. The van der Waals surface area contributed by atoms with Gasteiger partial charge in [0.25, 0.3) is 5.91 Å². The highest BCUT2D eigenvalue weighted by molar-refractivity contribution is 6.42. The highest BCUT2D eigenvalue weighted by Gasteiger charge is 2.24. The summed E-state index contributed by atoms with van der Waals surface area (Å²) in [4.78, 5) is 12.8. The van der Waals surface area contributed by atoms with Crippen LogP contribution in [0, 0.1) is 0 Å². The van der Waals surface area contributed by atoms with Crippen molar-refractivity contribution in [2.45, 2.75) is 57.6 Å². The standard InChI is InChI=1S/C23H25Cl2N3O2/c1-23(2,30)17-12-20-15(13-28(27-20)16-6-4-3-5-7-16)11-21(17)26-22(29)14-8-9-18(24)19(25)10-14/h8-13,16,30H,3-7H2,1-2H3,(H,26,29). The lowest BCUT2D eigenvalue weighted by molar-refractivity contribution is 0.0794. The van der Waals surface area contributed by atoms with Crippen molar-refractivity contribution in [1.82, 2.24) is 9.78 Å². The second kappa shape index (κ2) is 8.22. The summed E-state index contributed by atoms with van der Waals surface area (Å²) in [7, 11) is 0.